The Morgan fingerprint density at radius 3 is 2.82 bits per heavy atom. The third-order valence-corrected chi connectivity index (χ3v) is 2.45. The number of Topliss-reactive ketones (excluding diaryl/α,β-unsaturated/α-hetero) is 1. The van der Waals surface area contributed by atoms with Crippen LogP contribution in [0.15, 0.2) is 24.3 Å². The van der Waals surface area contributed by atoms with E-state index in [1.54, 1.807) is 7.11 Å². The van der Waals surface area contributed by atoms with Gasteiger partial charge in [0.15, 0.2) is 5.78 Å². The van der Waals surface area contributed by atoms with Gasteiger partial charge in [-0.2, -0.15) is 0 Å². The van der Waals surface area contributed by atoms with Crippen molar-refractivity contribution < 1.29 is 14.3 Å². The molecule has 1 aromatic carbocycles. The molecule has 0 atom stereocenters. The van der Waals surface area contributed by atoms with Crippen molar-refractivity contribution >= 4 is 5.78 Å². The molecule has 0 aliphatic carbocycles. The Kier molecular flexibility index (Phi) is 6.51. The zero-order valence-electron chi connectivity index (χ0n) is 10.6. The summed E-state index contributed by atoms with van der Waals surface area (Å²) in [5, 5.41) is 0. The van der Waals surface area contributed by atoms with E-state index >= 15 is 0 Å². The van der Waals surface area contributed by atoms with Crippen LogP contribution in [-0.4, -0.2) is 32.7 Å². The van der Waals surface area contributed by atoms with Gasteiger partial charge in [-0.1, -0.05) is 31.5 Å². The quantitative estimate of drug-likeness (QED) is 0.514. The van der Waals surface area contributed by atoms with Crippen LogP contribution in [-0.2, 0) is 15.9 Å². The largest absolute Gasteiger partial charge is 0.382 e. The lowest BCUT2D eigenvalue weighted by molar-refractivity contribution is 0.0577. The summed E-state index contributed by atoms with van der Waals surface area (Å²) < 4.78 is 10.1. The highest BCUT2D eigenvalue weighted by Gasteiger charge is 2.06. The number of hydrogen-bond donors (Lipinski definition) is 0. The maximum Gasteiger partial charge on any atom is 0.188 e. The second-order valence-corrected chi connectivity index (χ2v) is 3.92. The molecule has 17 heavy (non-hydrogen) atoms. The number of ketones is 1. The number of carbonyl (C=O) groups excluding carboxylic acids is 1. The van der Waals surface area contributed by atoms with Crippen LogP contribution >= 0.6 is 0 Å². The fourth-order valence-electron chi connectivity index (χ4n) is 1.58. The van der Waals surface area contributed by atoms with Crippen LogP contribution in [0.4, 0.5) is 0 Å². The summed E-state index contributed by atoms with van der Waals surface area (Å²) in [7, 11) is 1.61. The number of ether oxygens (including phenoxy) is 2. The summed E-state index contributed by atoms with van der Waals surface area (Å²) in [5.74, 6) is 0.0269. The Bertz CT molecular complexity index is 347. The normalized spacial score (nSPS) is 10.5. The summed E-state index contributed by atoms with van der Waals surface area (Å²) in [5.41, 5.74) is 1.93. The van der Waals surface area contributed by atoms with Crippen molar-refractivity contribution in [2.45, 2.75) is 19.8 Å². The molecular formula is C14H20O3. The molecule has 0 saturated heterocycles. The Morgan fingerprint density at radius 1 is 1.29 bits per heavy atom. The molecule has 0 N–H and O–H groups in total. The van der Waals surface area contributed by atoms with Gasteiger partial charge in [-0.3, -0.25) is 4.79 Å². The summed E-state index contributed by atoms with van der Waals surface area (Å²) >= 11 is 0. The molecule has 0 aliphatic rings. The van der Waals surface area contributed by atoms with E-state index in [4.69, 9.17) is 9.47 Å². The molecule has 0 fully saturated rings. The van der Waals surface area contributed by atoms with E-state index in [0.717, 1.165) is 18.4 Å². The van der Waals surface area contributed by atoms with E-state index < -0.39 is 0 Å². The van der Waals surface area contributed by atoms with E-state index in [-0.39, 0.29) is 12.4 Å². The average molecular weight is 236 g/mol. The first-order chi connectivity index (χ1) is 8.27. The molecule has 1 aromatic rings. The fourth-order valence-corrected chi connectivity index (χ4v) is 1.58. The second-order valence-electron chi connectivity index (χ2n) is 3.92. The van der Waals surface area contributed by atoms with Gasteiger partial charge in [0.2, 0.25) is 0 Å². The predicted molar refractivity (Wildman–Crippen MR) is 67.5 cm³/mol. The summed E-state index contributed by atoms with van der Waals surface area (Å²) in [4.78, 5) is 11.8. The van der Waals surface area contributed by atoms with Crippen molar-refractivity contribution in [1.29, 1.82) is 0 Å². The topological polar surface area (TPSA) is 35.5 Å². The average Bonchev–Trinajstić information content (AvgIpc) is 2.35. The zero-order chi connectivity index (χ0) is 12.5. The van der Waals surface area contributed by atoms with Gasteiger partial charge >= 0.3 is 0 Å². The molecule has 3 nitrogen and oxygen atoms in total. The maximum absolute atomic E-state index is 11.8. The minimum Gasteiger partial charge on any atom is -0.382 e. The van der Waals surface area contributed by atoms with E-state index in [1.165, 1.54) is 5.56 Å². The van der Waals surface area contributed by atoms with Crippen molar-refractivity contribution in [3.8, 4) is 0 Å². The predicted octanol–water partition coefficient (Wildman–Crippen LogP) is 2.48. The van der Waals surface area contributed by atoms with E-state index in [2.05, 4.69) is 6.92 Å². The van der Waals surface area contributed by atoms with E-state index in [0.29, 0.717) is 13.2 Å². The minimum atomic E-state index is 0.0269. The summed E-state index contributed by atoms with van der Waals surface area (Å²) in [6.45, 7) is 3.22. The second kappa shape index (κ2) is 7.98. The molecular weight excluding hydrogens is 216 g/mol. The first kappa shape index (κ1) is 13.9. The highest BCUT2D eigenvalue weighted by molar-refractivity contribution is 5.97. The van der Waals surface area contributed by atoms with E-state index in [1.807, 2.05) is 24.3 Å². The summed E-state index contributed by atoms with van der Waals surface area (Å²) in [6.07, 6.45) is 2.09. The van der Waals surface area contributed by atoms with Crippen molar-refractivity contribution in [3.63, 3.8) is 0 Å². The van der Waals surface area contributed by atoms with Crippen LogP contribution in [0, 0.1) is 0 Å². The highest BCUT2D eigenvalue weighted by atomic mass is 16.5. The lowest BCUT2D eigenvalue weighted by atomic mass is 10.0. The zero-order valence-corrected chi connectivity index (χ0v) is 10.6. The van der Waals surface area contributed by atoms with Gasteiger partial charge < -0.3 is 9.47 Å². The van der Waals surface area contributed by atoms with Crippen LogP contribution in [0.25, 0.3) is 0 Å². The van der Waals surface area contributed by atoms with Crippen molar-refractivity contribution in [2.75, 3.05) is 26.9 Å². The number of rotatable bonds is 8. The third kappa shape index (κ3) is 5.11. The van der Waals surface area contributed by atoms with Gasteiger partial charge in [0, 0.05) is 12.7 Å². The van der Waals surface area contributed by atoms with Crippen LogP contribution in [0.2, 0.25) is 0 Å². The van der Waals surface area contributed by atoms with Gasteiger partial charge in [-0.25, -0.2) is 0 Å². The Labute approximate surface area is 103 Å². The van der Waals surface area contributed by atoms with Gasteiger partial charge in [-0.15, -0.1) is 0 Å². The Hall–Kier alpha value is -1.19. The van der Waals surface area contributed by atoms with Gasteiger partial charge in [0.25, 0.3) is 0 Å². The molecule has 0 bridgehead atoms. The van der Waals surface area contributed by atoms with Crippen LogP contribution < -0.4 is 0 Å². The van der Waals surface area contributed by atoms with Gasteiger partial charge in [-0.05, 0) is 18.1 Å². The lowest BCUT2D eigenvalue weighted by Gasteiger charge is -2.05. The smallest absolute Gasteiger partial charge is 0.188 e. The first-order valence-electron chi connectivity index (χ1n) is 5.96. The molecule has 94 valence electrons. The molecule has 0 aromatic heterocycles. The molecule has 0 aliphatic heterocycles. The monoisotopic (exact) mass is 236 g/mol. The molecule has 0 heterocycles. The number of hydrogen-bond acceptors (Lipinski definition) is 3. The summed E-state index contributed by atoms with van der Waals surface area (Å²) in [6, 6.07) is 7.76. The molecule has 3 heteroatoms. The number of carbonyl (C=O) groups is 1. The molecule has 0 amide bonds. The molecule has 0 unspecified atom stereocenters. The molecule has 0 radical (unpaired) electrons. The highest BCUT2D eigenvalue weighted by Crippen LogP contribution is 2.08. The Balaban J connectivity index is 2.47. The molecule has 0 spiro atoms. The van der Waals surface area contributed by atoms with Crippen LogP contribution in [0.5, 0.6) is 0 Å². The third-order valence-electron chi connectivity index (χ3n) is 2.45. The Morgan fingerprint density at radius 2 is 2.12 bits per heavy atom. The standard InChI is InChI=1S/C14H20O3/c1-3-5-12-6-4-7-13(10-12)14(15)11-17-9-8-16-2/h4,6-7,10H,3,5,8-9,11H2,1-2H3. The van der Waals surface area contributed by atoms with Crippen molar-refractivity contribution in [2.24, 2.45) is 0 Å². The van der Waals surface area contributed by atoms with Gasteiger partial charge in [0.1, 0.15) is 6.61 Å². The lowest BCUT2D eigenvalue weighted by Crippen LogP contribution is -2.12. The van der Waals surface area contributed by atoms with Crippen molar-refractivity contribution in [1.82, 2.24) is 0 Å². The number of methoxy groups -OCH3 is 1. The van der Waals surface area contributed by atoms with E-state index in [9.17, 15) is 4.79 Å². The van der Waals surface area contributed by atoms with Crippen LogP contribution in [0.3, 0.4) is 0 Å². The SMILES string of the molecule is CCCc1cccc(C(=O)COCCOC)c1. The number of benzene rings is 1. The minimum absolute atomic E-state index is 0.0269. The maximum atomic E-state index is 11.8. The number of aryl methyl sites for hydroxylation is 1. The van der Waals surface area contributed by atoms with Gasteiger partial charge in [0.05, 0.1) is 13.2 Å². The molecule has 1 rings (SSSR count). The fraction of sp³-hybridized carbons (Fsp3) is 0.500. The first-order valence-corrected chi connectivity index (χ1v) is 5.96. The van der Waals surface area contributed by atoms with Crippen LogP contribution in [0.1, 0.15) is 29.3 Å². The van der Waals surface area contributed by atoms with Crippen molar-refractivity contribution in [3.05, 3.63) is 35.4 Å². The molecule has 0 saturated carbocycles.